The zero-order valence-corrected chi connectivity index (χ0v) is 15.0. The van der Waals surface area contributed by atoms with Crippen LogP contribution in [0.3, 0.4) is 0 Å². The van der Waals surface area contributed by atoms with Gasteiger partial charge in [-0.1, -0.05) is 42.5 Å². The van der Waals surface area contributed by atoms with Gasteiger partial charge in [-0.25, -0.2) is 0 Å². The van der Waals surface area contributed by atoms with Crippen molar-refractivity contribution in [3.8, 4) is 17.5 Å². The first-order chi connectivity index (χ1) is 12.8. The highest BCUT2D eigenvalue weighted by Gasteiger charge is 2.19. The van der Waals surface area contributed by atoms with Crippen LogP contribution in [-0.4, -0.2) is 28.1 Å². The highest BCUT2D eigenvalue weighted by molar-refractivity contribution is 5.52. The van der Waals surface area contributed by atoms with Crippen LogP contribution < -0.4 is 9.64 Å². The van der Waals surface area contributed by atoms with Crippen molar-refractivity contribution in [1.29, 1.82) is 5.26 Å². The molecule has 26 heavy (non-hydrogen) atoms. The van der Waals surface area contributed by atoms with Crippen LogP contribution in [0.2, 0.25) is 0 Å². The molecule has 0 amide bonds. The van der Waals surface area contributed by atoms with Gasteiger partial charge in [0.2, 0.25) is 5.69 Å². The van der Waals surface area contributed by atoms with E-state index in [-0.39, 0.29) is 0 Å². The molecule has 1 aromatic heterocycles. The Bertz CT molecular complexity index is 898. The van der Waals surface area contributed by atoms with Crippen LogP contribution in [0.15, 0.2) is 54.6 Å². The standard InChI is InChI=1S/C20H21N5O/c1-3-24(15-16-10-6-5-7-11-16)20-17(14-21)22-25(23-20)18-12-8-9-13-19(18)26-4-2/h5-13H,3-4,15H2,1-2H3. The van der Waals surface area contributed by atoms with Gasteiger partial charge < -0.3 is 9.64 Å². The first-order valence-corrected chi connectivity index (χ1v) is 8.65. The summed E-state index contributed by atoms with van der Waals surface area (Å²) in [6.45, 7) is 5.90. The van der Waals surface area contributed by atoms with E-state index in [9.17, 15) is 5.26 Å². The number of nitriles is 1. The van der Waals surface area contributed by atoms with E-state index in [1.165, 1.54) is 4.80 Å². The van der Waals surface area contributed by atoms with Gasteiger partial charge in [-0.15, -0.1) is 15.0 Å². The second kappa shape index (κ2) is 8.17. The number of nitrogens with zero attached hydrogens (tertiary/aromatic N) is 5. The Morgan fingerprint density at radius 1 is 1.04 bits per heavy atom. The number of hydrogen-bond donors (Lipinski definition) is 0. The molecule has 0 aliphatic carbocycles. The summed E-state index contributed by atoms with van der Waals surface area (Å²) in [5, 5.41) is 18.5. The predicted octanol–water partition coefficient (Wildman–Crippen LogP) is 3.56. The molecule has 0 spiro atoms. The monoisotopic (exact) mass is 347 g/mol. The van der Waals surface area contributed by atoms with Gasteiger partial charge in [-0.3, -0.25) is 0 Å². The Labute approximate surface area is 153 Å². The van der Waals surface area contributed by atoms with Crippen molar-refractivity contribution in [2.45, 2.75) is 20.4 Å². The summed E-state index contributed by atoms with van der Waals surface area (Å²) in [4.78, 5) is 3.52. The normalized spacial score (nSPS) is 10.3. The third-order valence-electron chi connectivity index (χ3n) is 3.98. The van der Waals surface area contributed by atoms with Crippen molar-refractivity contribution in [3.05, 3.63) is 65.9 Å². The van der Waals surface area contributed by atoms with Gasteiger partial charge in [-0.05, 0) is 31.5 Å². The second-order valence-corrected chi connectivity index (χ2v) is 5.67. The maximum Gasteiger partial charge on any atom is 0.207 e. The number of aromatic nitrogens is 3. The molecule has 0 radical (unpaired) electrons. The fourth-order valence-corrected chi connectivity index (χ4v) is 2.73. The van der Waals surface area contributed by atoms with Crippen LogP contribution in [-0.2, 0) is 6.54 Å². The molecule has 0 saturated heterocycles. The van der Waals surface area contributed by atoms with Crippen LogP contribution in [0, 0.1) is 11.3 Å². The summed E-state index contributed by atoms with van der Waals surface area (Å²) < 4.78 is 5.66. The van der Waals surface area contributed by atoms with Gasteiger partial charge in [0.1, 0.15) is 17.5 Å². The van der Waals surface area contributed by atoms with Gasteiger partial charge in [0.05, 0.1) is 6.61 Å². The summed E-state index contributed by atoms with van der Waals surface area (Å²) in [6.07, 6.45) is 0. The van der Waals surface area contributed by atoms with Crippen LogP contribution in [0.4, 0.5) is 5.82 Å². The van der Waals surface area contributed by atoms with Crippen LogP contribution in [0.25, 0.3) is 5.69 Å². The molecule has 0 bridgehead atoms. The van der Waals surface area contributed by atoms with E-state index in [1.54, 1.807) is 0 Å². The largest absolute Gasteiger partial charge is 0.492 e. The number of rotatable bonds is 7. The summed E-state index contributed by atoms with van der Waals surface area (Å²) >= 11 is 0. The van der Waals surface area contributed by atoms with E-state index >= 15 is 0 Å². The lowest BCUT2D eigenvalue weighted by atomic mass is 10.2. The van der Waals surface area contributed by atoms with Crippen molar-refractivity contribution in [2.75, 3.05) is 18.1 Å². The van der Waals surface area contributed by atoms with E-state index in [0.717, 1.165) is 12.1 Å². The molecule has 6 nitrogen and oxygen atoms in total. The maximum atomic E-state index is 9.54. The predicted molar refractivity (Wildman–Crippen MR) is 100 cm³/mol. The molecule has 132 valence electrons. The van der Waals surface area contributed by atoms with E-state index in [2.05, 4.69) is 28.4 Å². The van der Waals surface area contributed by atoms with Crippen molar-refractivity contribution < 1.29 is 4.74 Å². The SMILES string of the molecule is CCOc1ccccc1-n1nc(C#N)c(N(CC)Cc2ccccc2)n1. The number of ether oxygens (including phenoxy) is 1. The molecule has 1 heterocycles. The molecule has 0 saturated carbocycles. The molecule has 0 fully saturated rings. The zero-order chi connectivity index (χ0) is 18.4. The summed E-state index contributed by atoms with van der Waals surface area (Å²) in [5.41, 5.74) is 2.17. The Kier molecular flexibility index (Phi) is 5.49. The fraction of sp³-hybridized carbons (Fsp3) is 0.250. The van der Waals surface area contributed by atoms with Gasteiger partial charge in [0, 0.05) is 13.1 Å². The minimum Gasteiger partial charge on any atom is -0.492 e. The molecule has 0 aliphatic rings. The van der Waals surface area contributed by atoms with Crippen molar-refractivity contribution >= 4 is 5.82 Å². The third kappa shape index (κ3) is 3.67. The molecular weight excluding hydrogens is 326 g/mol. The molecular formula is C20H21N5O. The molecule has 6 heteroatoms. The maximum absolute atomic E-state index is 9.54. The molecule has 2 aromatic carbocycles. The molecule has 3 rings (SSSR count). The topological polar surface area (TPSA) is 67.0 Å². The van der Waals surface area contributed by atoms with E-state index < -0.39 is 0 Å². The van der Waals surface area contributed by atoms with Gasteiger partial charge in [0.15, 0.2) is 5.82 Å². The minimum atomic E-state index is 0.300. The van der Waals surface area contributed by atoms with E-state index in [4.69, 9.17) is 4.74 Å². The van der Waals surface area contributed by atoms with Crippen molar-refractivity contribution in [1.82, 2.24) is 15.0 Å². The van der Waals surface area contributed by atoms with Gasteiger partial charge in [-0.2, -0.15) is 5.26 Å². The molecule has 0 N–H and O–H groups in total. The Hall–Kier alpha value is -3.33. The lowest BCUT2D eigenvalue weighted by molar-refractivity contribution is 0.337. The quantitative estimate of drug-likeness (QED) is 0.654. The molecule has 3 aromatic rings. The van der Waals surface area contributed by atoms with Crippen LogP contribution in [0.5, 0.6) is 5.75 Å². The van der Waals surface area contributed by atoms with Crippen LogP contribution >= 0.6 is 0 Å². The third-order valence-corrected chi connectivity index (χ3v) is 3.98. The number of hydrogen-bond acceptors (Lipinski definition) is 5. The highest BCUT2D eigenvalue weighted by atomic mass is 16.5. The summed E-state index contributed by atoms with van der Waals surface area (Å²) in [7, 11) is 0. The number of anilines is 1. The lowest BCUT2D eigenvalue weighted by Gasteiger charge is -2.20. The Balaban J connectivity index is 1.97. The average molecular weight is 347 g/mol. The first-order valence-electron chi connectivity index (χ1n) is 8.65. The van der Waals surface area contributed by atoms with Crippen LogP contribution in [0.1, 0.15) is 25.1 Å². The zero-order valence-electron chi connectivity index (χ0n) is 15.0. The molecule has 0 aliphatic heterocycles. The smallest absolute Gasteiger partial charge is 0.207 e. The minimum absolute atomic E-state index is 0.300. The number of para-hydroxylation sites is 2. The summed E-state index contributed by atoms with van der Waals surface area (Å²) in [6, 6.07) is 19.8. The average Bonchev–Trinajstić information content (AvgIpc) is 3.11. The van der Waals surface area contributed by atoms with Crippen molar-refractivity contribution in [2.24, 2.45) is 0 Å². The van der Waals surface area contributed by atoms with E-state index in [0.29, 0.717) is 36.1 Å². The van der Waals surface area contributed by atoms with Gasteiger partial charge in [0.25, 0.3) is 0 Å². The fourth-order valence-electron chi connectivity index (χ4n) is 2.73. The Morgan fingerprint density at radius 3 is 2.46 bits per heavy atom. The lowest BCUT2D eigenvalue weighted by Crippen LogP contribution is -2.23. The Morgan fingerprint density at radius 2 is 1.77 bits per heavy atom. The molecule has 0 unspecified atom stereocenters. The first kappa shape index (κ1) is 17.5. The summed E-state index contributed by atoms with van der Waals surface area (Å²) in [5.74, 6) is 1.26. The molecule has 0 atom stereocenters. The van der Waals surface area contributed by atoms with Crippen molar-refractivity contribution in [3.63, 3.8) is 0 Å². The van der Waals surface area contributed by atoms with E-state index in [1.807, 2.05) is 61.2 Å². The number of benzene rings is 2. The van der Waals surface area contributed by atoms with Gasteiger partial charge >= 0.3 is 0 Å². The highest BCUT2D eigenvalue weighted by Crippen LogP contribution is 2.24. The second-order valence-electron chi connectivity index (χ2n) is 5.67.